The van der Waals surface area contributed by atoms with E-state index in [0.29, 0.717) is 4.60 Å². The van der Waals surface area contributed by atoms with Crippen LogP contribution in [0, 0.1) is 22.5 Å². The second kappa shape index (κ2) is 4.52. The van der Waals surface area contributed by atoms with Crippen molar-refractivity contribution in [1.82, 2.24) is 4.98 Å². The lowest BCUT2D eigenvalue weighted by Crippen LogP contribution is -2.10. The molecule has 0 radical (unpaired) electrons. The number of hydrogen-bond acceptors (Lipinski definition) is 4. The second-order valence-electron chi connectivity index (χ2n) is 2.36. The van der Waals surface area contributed by atoms with Crippen LogP contribution >= 0.6 is 15.9 Å². The van der Waals surface area contributed by atoms with Gasteiger partial charge in [0, 0.05) is 15.9 Å². The lowest BCUT2D eigenvalue weighted by Gasteiger charge is -2.01. The van der Waals surface area contributed by atoms with Crippen molar-refractivity contribution < 1.29 is 9.72 Å². The Labute approximate surface area is 93.0 Å². The van der Waals surface area contributed by atoms with Gasteiger partial charge >= 0.3 is 5.82 Å². The maximum atomic E-state index is 10.8. The van der Waals surface area contributed by atoms with Crippen LogP contribution in [-0.2, 0) is 4.79 Å². The Kier molecular flexibility index (Phi) is 3.36. The van der Waals surface area contributed by atoms with Crippen LogP contribution in [0.1, 0.15) is 0 Å². The lowest BCUT2D eigenvalue weighted by atomic mass is 10.4. The second-order valence-corrected chi connectivity index (χ2v) is 3.17. The average molecular weight is 270 g/mol. The number of amides is 1. The molecular weight excluding hydrogens is 266 g/mol. The Balaban J connectivity index is 3.13. The Bertz CT molecular complexity index is 467. The number of anilines is 1. The van der Waals surface area contributed by atoms with Gasteiger partial charge in [0.25, 0.3) is 5.91 Å². The Hall–Kier alpha value is -1.94. The molecule has 0 aromatic carbocycles. The fourth-order valence-corrected chi connectivity index (χ4v) is 1.12. The number of carbonyl (C=O) groups is 1. The minimum atomic E-state index is -0.762. The first-order valence-corrected chi connectivity index (χ1v) is 4.42. The molecule has 1 heterocycles. The highest BCUT2D eigenvalue weighted by Gasteiger charge is 2.17. The first-order valence-electron chi connectivity index (χ1n) is 3.63. The van der Waals surface area contributed by atoms with E-state index in [1.807, 2.05) is 0 Å². The molecule has 0 aliphatic rings. The highest BCUT2D eigenvalue weighted by Crippen LogP contribution is 2.23. The summed E-state index contributed by atoms with van der Waals surface area (Å²) in [5, 5.41) is 12.7. The van der Waals surface area contributed by atoms with Crippen LogP contribution in [0.2, 0.25) is 0 Å². The number of rotatable bonds is 2. The van der Waals surface area contributed by atoms with Gasteiger partial charge in [-0.25, -0.2) is 0 Å². The van der Waals surface area contributed by atoms with Crippen molar-refractivity contribution in [2.45, 2.75) is 0 Å². The highest BCUT2D eigenvalue weighted by molar-refractivity contribution is 9.10. The van der Waals surface area contributed by atoms with Crippen molar-refractivity contribution in [2.75, 3.05) is 5.32 Å². The summed E-state index contributed by atoms with van der Waals surface area (Å²) in [7, 11) is 0. The molecule has 1 N–H and O–H groups in total. The molecule has 1 aromatic rings. The summed E-state index contributed by atoms with van der Waals surface area (Å²) in [4.78, 5) is 24.3. The van der Waals surface area contributed by atoms with E-state index >= 15 is 0 Å². The molecule has 0 saturated carbocycles. The summed E-state index contributed by atoms with van der Waals surface area (Å²) >= 11 is 2.98. The van der Waals surface area contributed by atoms with E-state index in [0.717, 1.165) is 0 Å². The van der Waals surface area contributed by atoms with E-state index < -0.39 is 16.6 Å². The predicted molar refractivity (Wildman–Crippen MR) is 56.1 cm³/mol. The summed E-state index contributed by atoms with van der Waals surface area (Å²) in [5.41, 5.74) is -0.0360. The molecule has 0 saturated heterocycles. The third-order valence-electron chi connectivity index (χ3n) is 1.39. The summed E-state index contributed by atoms with van der Waals surface area (Å²) < 4.78 is 0.299. The van der Waals surface area contributed by atoms with Crippen LogP contribution in [0.25, 0.3) is 0 Å². The molecule has 1 aromatic heterocycles. The number of hydrogen-bond donors (Lipinski definition) is 1. The van der Waals surface area contributed by atoms with Gasteiger partial charge in [-0.05, 0) is 28.0 Å². The van der Waals surface area contributed by atoms with Gasteiger partial charge in [-0.15, -0.1) is 6.42 Å². The Morgan fingerprint density at radius 2 is 2.33 bits per heavy atom. The van der Waals surface area contributed by atoms with Gasteiger partial charge in [0.05, 0.1) is 0 Å². The van der Waals surface area contributed by atoms with Gasteiger partial charge in [0.1, 0.15) is 5.69 Å². The summed E-state index contributed by atoms with van der Waals surface area (Å²) in [6.45, 7) is 0. The molecule has 0 unspecified atom stereocenters. The number of halogens is 1. The van der Waals surface area contributed by atoms with E-state index in [-0.39, 0.29) is 5.69 Å². The van der Waals surface area contributed by atoms with Crippen LogP contribution in [0.4, 0.5) is 11.5 Å². The van der Waals surface area contributed by atoms with E-state index in [1.165, 1.54) is 12.1 Å². The number of terminal acetylenes is 1. The third kappa shape index (κ3) is 2.75. The van der Waals surface area contributed by atoms with Crippen LogP contribution in [0.3, 0.4) is 0 Å². The lowest BCUT2D eigenvalue weighted by molar-refractivity contribution is -0.388. The molecule has 0 aliphatic carbocycles. The number of aromatic nitrogens is 1. The molecule has 0 spiro atoms. The van der Waals surface area contributed by atoms with E-state index in [4.69, 9.17) is 6.42 Å². The SMILES string of the molecule is C#CC(=O)Nc1ccc(Br)nc1[N+](=O)[O-]. The van der Waals surface area contributed by atoms with Crippen LogP contribution in [0.5, 0.6) is 0 Å². The molecular formula is C8H4BrN3O3. The van der Waals surface area contributed by atoms with E-state index in [1.54, 1.807) is 5.92 Å². The standard InChI is InChI=1S/C8H4BrN3O3/c1-2-7(13)10-5-3-4-6(9)11-8(5)12(14)15/h1,3-4H,(H,10,13). The Morgan fingerprint density at radius 1 is 1.67 bits per heavy atom. The first kappa shape index (κ1) is 11.1. The van der Waals surface area contributed by atoms with Crippen LogP contribution < -0.4 is 5.32 Å². The van der Waals surface area contributed by atoms with Crippen molar-refractivity contribution >= 4 is 33.3 Å². The zero-order valence-corrected chi connectivity index (χ0v) is 8.82. The summed E-state index contributed by atoms with van der Waals surface area (Å²) in [6.07, 6.45) is 4.81. The molecule has 0 atom stereocenters. The smallest absolute Gasteiger partial charge is 0.358 e. The molecule has 6 nitrogen and oxygen atoms in total. The molecule has 0 fully saturated rings. The summed E-state index contributed by atoms with van der Waals surface area (Å²) in [5.74, 6) is 0.555. The van der Waals surface area contributed by atoms with Gasteiger partial charge in [-0.1, -0.05) is 0 Å². The number of nitrogens with one attached hydrogen (secondary N) is 1. The highest BCUT2D eigenvalue weighted by atomic mass is 79.9. The molecule has 1 amide bonds. The number of nitrogens with zero attached hydrogens (tertiary/aromatic N) is 2. The van der Waals surface area contributed by atoms with Gasteiger partial charge in [-0.2, -0.15) is 0 Å². The Morgan fingerprint density at radius 3 is 2.87 bits per heavy atom. The summed E-state index contributed by atoms with van der Waals surface area (Å²) in [6, 6.07) is 2.80. The van der Waals surface area contributed by atoms with Gasteiger partial charge < -0.3 is 15.4 Å². The molecule has 0 bridgehead atoms. The third-order valence-corrected chi connectivity index (χ3v) is 1.84. The molecule has 7 heteroatoms. The topological polar surface area (TPSA) is 85.1 Å². The van der Waals surface area contributed by atoms with Crippen molar-refractivity contribution in [1.29, 1.82) is 0 Å². The van der Waals surface area contributed by atoms with Crippen molar-refractivity contribution in [3.8, 4) is 12.3 Å². The molecule has 0 aliphatic heterocycles. The van der Waals surface area contributed by atoms with Gasteiger partial charge in [-0.3, -0.25) is 4.79 Å². The zero-order chi connectivity index (χ0) is 11.4. The minimum absolute atomic E-state index is 0.0360. The van der Waals surface area contributed by atoms with Gasteiger partial charge in [0.2, 0.25) is 4.60 Å². The maximum absolute atomic E-state index is 10.8. The van der Waals surface area contributed by atoms with Crippen LogP contribution in [-0.4, -0.2) is 15.8 Å². The quantitative estimate of drug-likeness (QED) is 0.380. The monoisotopic (exact) mass is 269 g/mol. The van der Waals surface area contributed by atoms with E-state index in [2.05, 4.69) is 26.2 Å². The average Bonchev–Trinajstić information content (AvgIpc) is 2.20. The molecule has 76 valence electrons. The number of carbonyl (C=O) groups excluding carboxylic acids is 1. The zero-order valence-electron chi connectivity index (χ0n) is 7.23. The molecule has 15 heavy (non-hydrogen) atoms. The normalized spacial score (nSPS) is 9.07. The fraction of sp³-hybridized carbons (Fsp3) is 0. The van der Waals surface area contributed by atoms with E-state index in [9.17, 15) is 14.9 Å². The van der Waals surface area contributed by atoms with Gasteiger partial charge in [0.15, 0.2) is 0 Å². The van der Waals surface area contributed by atoms with Crippen molar-refractivity contribution in [2.24, 2.45) is 0 Å². The molecule has 1 rings (SSSR count). The first-order chi connectivity index (χ1) is 7.04. The number of nitro groups is 1. The maximum Gasteiger partial charge on any atom is 0.388 e. The van der Waals surface area contributed by atoms with Crippen molar-refractivity contribution in [3.63, 3.8) is 0 Å². The van der Waals surface area contributed by atoms with Crippen LogP contribution in [0.15, 0.2) is 16.7 Å². The predicted octanol–water partition coefficient (Wildman–Crippen LogP) is 1.32. The largest absolute Gasteiger partial charge is 0.388 e. The minimum Gasteiger partial charge on any atom is -0.358 e. The number of pyridine rings is 1. The van der Waals surface area contributed by atoms with Crippen molar-refractivity contribution in [3.05, 3.63) is 26.9 Å². The fourth-order valence-electron chi connectivity index (χ4n) is 0.820.